The second-order valence-electron chi connectivity index (χ2n) is 8.88. The summed E-state index contributed by atoms with van der Waals surface area (Å²) in [5.41, 5.74) is 4.20. The van der Waals surface area contributed by atoms with Gasteiger partial charge in [0.05, 0.1) is 10.6 Å². The molecule has 8 nitrogen and oxygen atoms in total. The molecule has 1 unspecified atom stereocenters. The first-order valence-electron chi connectivity index (χ1n) is 11.5. The molecule has 1 atom stereocenters. The van der Waals surface area contributed by atoms with Gasteiger partial charge in [-0.2, -0.15) is 5.10 Å². The zero-order valence-electron chi connectivity index (χ0n) is 19.5. The normalized spacial score (nSPS) is 17.4. The van der Waals surface area contributed by atoms with Crippen LogP contribution in [0.2, 0.25) is 5.02 Å². The quantitative estimate of drug-likeness (QED) is 0.400. The molecule has 35 heavy (non-hydrogen) atoms. The van der Waals surface area contributed by atoms with Crippen LogP contribution in [0.5, 0.6) is 0 Å². The minimum Gasteiger partial charge on any atom is -0.356 e. The van der Waals surface area contributed by atoms with Crippen molar-refractivity contribution in [2.24, 2.45) is 11.0 Å². The Balaban J connectivity index is 1.30. The largest absolute Gasteiger partial charge is 0.356 e. The number of nitrogens with one attached hydrogen (secondary N) is 3. The van der Waals surface area contributed by atoms with E-state index in [4.69, 9.17) is 21.6 Å². The van der Waals surface area contributed by atoms with Crippen molar-refractivity contribution in [3.63, 3.8) is 0 Å². The zero-order chi connectivity index (χ0) is 24.4. The molecule has 1 aromatic heterocycles. The van der Waals surface area contributed by atoms with E-state index in [0.717, 1.165) is 41.9 Å². The molecule has 2 aliphatic heterocycles. The molecule has 0 saturated carbocycles. The molecule has 0 spiro atoms. The van der Waals surface area contributed by atoms with E-state index in [1.54, 1.807) is 24.3 Å². The van der Waals surface area contributed by atoms with Crippen molar-refractivity contribution < 1.29 is 4.79 Å². The van der Waals surface area contributed by atoms with Gasteiger partial charge >= 0.3 is 0 Å². The number of carbonyl (C=O) groups excluding carboxylic acids is 1. The van der Waals surface area contributed by atoms with Crippen LogP contribution in [0.1, 0.15) is 30.6 Å². The van der Waals surface area contributed by atoms with Crippen molar-refractivity contribution in [1.29, 1.82) is 0 Å². The maximum atomic E-state index is 12.5. The third kappa shape index (κ3) is 5.68. The summed E-state index contributed by atoms with van der Waals surface area (Å²) in [4.78, 5) is 25.3. The summed E-state index contributed by atoms with van der Waals surface area (Å²) < 4.78 is 0. The number of carbonyl (C=O) groups is 1. The maximum absolute atomic E-state index is 12.5. The minimum absolute atomic E-state index is 0.245. The van der Waals surface area contributed by atoms with E-state index in [1.165, 1.54) is 11.8 Å². The lowest BCUT2D eigenvalue weighted by Gasteiger charge is -2.38. The van der Waals surface area contributed by atoms with Gasteiger partial charge in [-0.05, 0) is 61.0 Å². The van der Waals surface area contributed by atoms with E-state index < -0.39 is 0 Å². The Hall–Kier alpha value is -3.30. The number of amidine groups is 1. The summed E-state index contributed by atoms with van der Waals surface area (Å²) in [5.74, 6) is 2.93. The molecule has 0 radical (unpaired) electrons. The van der Waals surface area contributed by atoms with Crippen LogP contribution in [0.15, 0.2) is 69.8 Å². The molecule has 3 heterocycles. The predicted octanol–water partition coefficient (Wildman–Crippen LogP) is 5.10. The number of amides is 1. The van der Waals surface area contributed by atoms with Crippen LogP contribution < -0.4 is 21.0 Å². The number of halogens is 1. The predicted molar refractivity (Wildman–Crippen MR) is 142 cm³/mol. The molecule has 5 rings (SSSR count). The van der Waals surface area contributed by atoms with Gasteiger partial charge in [-0.25, -0.2) is 9.97 Å². The molecule has 180 valence electrons. The van der Waals surface area contributed by atoms with Gasteiger partial charge in [0.25, 0.3) is 5.91 Å². The Labute approximate surface area is 213 Å². The average Bonchev–Trinajstić information content (AvgIpc) is 3.22. The maximum Gasteiger partial charge on any atom is 0.257 e. The van der Waals surface area contributed by atoms with Gasteiger partial charge in [0.15, 0.2) is 5.16 Å². The molecule has 2 aliphatic rings. The Morgan fingerprint density at radius 2 is 1.89 bits per heavy atom. The third-order valence-corrected chi connectivity index (χ3v) is 6.91. The van der Waals surface area contributed by atoms with Crippen LogP contribution in [-0.2, 0) is 0 Å². The lowest BCUT2D eigenvalue weighted by molar-refractivity contribution is 0.102. The highest BCUT2D eigenvalue weighted by molar-refractivity contribution is 7.99. The third-order valence-electron chi connectivity index (χ3n) is 5.71. The fraction of sp³-hybridized carbons (Fsp3) is 0.280. The summed E-state index contributed by atoms with van der Waals surface area (Å²) in [5, 5.41) is 11.6. The molecule has 0 aliphatic carbocycles. The van der Waals surface area contributed by atoms with E-state index in [1.807, 2.05) is 30.3 Å². The van der Waals surface area contributed by atoms with E-state index in [9.17, 15) is 4.79 Å². The molecule has 1 saturated heterocycles. The number of aromatic nitrogens is 2. The molecule has 1 amide bonds. The first-order chi connectivity index (χ1) is 16.9. The van der Waals surface area contributed by atoms with Crippen LogP contribution >= 0.6 is 23.4 Å². The Kier molecular flexibility index (Phi) is 6.79. The number of hydrazone groups is 1. The number of hydrogen-bond acceptors (Lipinski definition) is 8. The first-order valence-corrected chi connectivity index (χ1v) is 12.7. The fourth-order valence-electron chi connectivity index (χ4n) is 3.92. The van der Waals surface area contributed by atoms with Crippen molar-refractivity contribution in [2.45, 2.75) is 36.4 Å². The molecule has 3 aromatic rings. The van der Waals surface area contributed by atoms with Gasteiger partial charge in [0.2, 0.25) is 0 Å². The van der Waals surface area contributed by atoms with E-state index in [2.05, 4.69) is 39.9 Å². The van der Waals surface area contributed by atoms with Crippen molar-refractivity contribution >= 4 is 52.4 Å². The molecule has 0 bridgehead atoms. The van der Waals surface area contributed by atoms with Crippen LogP contribution in [0.25, 0.3) is 0 Å². The van der Waals surface area contributed by atoms with E-state index >= 15 is 0 Å². The number of anilines is 3. The van der Waals surface area contributed by atoms with Gasteiger partial charge in [-0.15, -0.1) is 0 Å². The molecular formula is C25H26ClN7OS. The summed E-state index contributed by atoms with van der Waals surface area (Å²) in [7, 11) is 0. The average molecular weight is 508 g/mol. The topological polar surface area (TPSA) is 94.5 Å². The highest BCUT2D eigenvalue weighted by Crippen LogP contribution is 2.31. The number of rotatable bonds is 6. The molecule has 10 heteroatoms. The number of benzene rings is 2. The van der Waals surface area contributed by atoms with Gasteiger partial charge in [-0.1, -0.05) is 30.7 Å². The minimum atomic E-state index is -0.245. The fourth-order valence-corrected chi connectivity index (χ4v) is 4.91. The lowest BCUT2D eigenvalue weighted by Crippen LogP contribution is -2.45. The monoisotopic (exact) mass is 507 g/mol. The van der Waals surface area contributed by atoms with Crippen molar-refractivity contribution in [3.8, 4) is 0 Å². The molecule has 3 N–H and O–H groups in total. The summed E-state index contributed by atoms with van der Waals surface area (Å²) in [6.07, 6.45) is 0.823. The van der Waals surface area contributed by atoms with E-state index in [0.29, 0.717) is 33.4 Å². The van der Waals surface area contributed by atoms with Crippen molar-refractivity contribution in [3.05, 3.63) is 65.2 Å². The highest BCUT2D eigenvalue weighted by atomic mass is 35.5. The summed E-state index contributed by atoms with van der Waals surface area (Å²) in [6.45, 7) is 6.30. The Morgan fingerprint density at radius 3 is 2.57 bits per heavy atom. The van der Waals surface area contributed by atoms with Crippen LogP contribution in [0.4, 0.5) is 17.3 Å². The SMILES string of the molecule is CC1CN(c2cc(NC3=NNC(C)C3)nc(Sc3ccc(NC(=O)c4ccccc4Cl)cc3)n2)C1. The second-order valence-corrected chi connectivity index (χ2v) is 10.3. The van der Waals surface area contributed by atoms with Gasteiger partial charge in [0, 0.05) is 42.2 Å². The van der Waals surface area contributed by atoms with Gasteiger partial charge in [-0.3, -0.25) is 4.79 Å². The first kappa shape index (κ1) is 23.4. The van der Waals surface area contributed by atoms with Crippen LogP contribution in [-0.4, -0.2) is 40.8 Å². The van der Waals surface area contributed by atoms with Crippen molar-refractivity contribution in [1.82, 2.24) is 15.4 Å². The van der Waals surface area contributed by atoms with Gasteiger partial charge < -0.3 is 21.0 Å². The molecule has 1 fully saturated rings. The highest BCUT2D eigenvalue weighted by Gasteiger charge is 2.25. The van der Waals surface area contributed by atoms with Crippen LogP contribution in [0, 0.1) is 5.92 Å². The van der Waals surface area contributed by atoms with E-state index in [-0.39, 0.29) is 5.91 Å². The van der Waals surface area contributed by atoms with Crippen LogP contribution in [0.3, 0.4) is 0 Å². The van der Waals surface area contributed by atoms with Crippen molar-refractivity contribution in [2.75, 3.05) is 28.6 Å². The number of nitrogens with zero attached hydrogens (tertiary/aromatic N) is 4. The number of hydrogen-bond donors (Lipinski definition) is 3. The van der Waals surface area contributed by atoms with Gasteiger partial charge in [0.1, 0.15) is 17.5 Å². The molecule has 2 aromatic carbocycles. The summed E-state index contributed by atoms with van der Waals surface area (Å²) in [6, 6.07) is 16.9. The zero-order valence-corrected chi connectivity index (χ0v) is 21.0. The molecular weight excluding hydrogens is 482 g/mol. The lowest BCUT2D eigenvalue weighted by atomic mass is 10.0. The Bertz CT molecular complexity index is 1260. The second kappa shape index (κ2) is 10.1. The summed E-state index contributed by atoms with van der Waals surface area (Å²) >= 11 is 7.61. The standard InChI is InChI=1S/C25H26ClN7OS/c1-15-13-33(14-15)23-12-21(28-22-11-16(2)31-32-22)29-25(30-23)35-18-9-7-17(8-10-18)27-24(34)19-5-3-4-6-20(19)26/h3-10,12,15-16,31H,11,13-14H2,1-2H3,(H,27,34)(H,28,29,30,32). The smallest absolute Gasteiger partial charge is 0.257 e. The Morgan fingerprint density at radius 1 is 1.11 bits per heavy atom.